The number of rotatable bonds is 4. The second-order valence-corrected chi connectivity index (χ2v) is 3.44. The maximum Gasteiger partial charge on any atom is 0.326 e. The van der Waals surface area contributed by atoms with E-state index >= 15 is 0 Å². The standard InChI is InChI=1S/C8H15NO3.C2H3N/c1-5(2)4-7(8(11)12)9-6(3)10;1-2-3/h5,7H,4H2,1-3H3,(H,9,10)(H,11,12);1H3/t7-;/m0./s1. The zero-order chi connectivity index (χ0) is 12.4. The highest BCUT2D eigenvalue weighted by molar-refractivity contribution is 5.81. The highest BCUT2D eigenvalue weighted by atomic mass is 16.4. The van der Waals surface area contributed by atoms with Crippen LogP contribution in [0, 0.1) is 17.2 Å². The first-order valence-corrected chi connectivity index (χ1v) is 4.65. The van der Waals surface area contributed by atoms with Crippen LogP contribution in [0.1, 0.15) is 34.1 Å². The van der Waals surface area contributed by atoms with E-state index < -0.39 is 12.0 Å². The van der Waals surface area contributed by atoms with Crippen LogP contribution < -0.4 is 5.32 Å². The van der Waals surface area contributed by atoms with Gasteiger partial charge in [0.25, 0.3) is 0 Å². The van der Waals surface area contributed by atoms with Crippen molar-refractivity contribution in [1.82, 2.24) is 5.32 Å². The van der Waals surface area contributed by atoms with Gasteiger partial charge < -0.3 is 10.4 Å². The SMILES string of the molecule is CC#N.CC(=O)N[C@@H](CC(C)C)C(=O)O. The van der Waals surface area contributed by atoms with Crippen LogP contribution in [0.25, 0.3) is 0 Å². The van der Waals surface area contributed by atoms with Crippen molar-refractivity contribution in [1.29, 1.82) is 5.26 Å². The minimum absolute atomic E-state index is 0.262. The van der Waals surface area contributed by atoms with Gasteiger partial charge in [0.2, 0.25) is 5.91 Å². The Morgan fingerprint density at radius 2 is 1.87 bits per heavy atom. The largest absolute Gasteiger partial charge is 0.480 e. The van der Waals surface area contributed by atoms with Gasteiger partial charge in [0.1, 0.15) is 6.04 Å². The average Bonchev–Trinajstić information content (AvgIpc) is 2.02. The number of carbonyl (C=O) groups is 2. The van der Waals surface area contributed by atoms with E-state index in [1.165, 1.54) is 13.8 Å². The summed E-state index contributed by atoms with van der Waals surface area (Å²) in [4.78, 5) is 21.1. The number of aliphatic carboxylic acids is 1. The Kier molecular flexibility index (Phi) is 9.53. The Bertz CT molecular complexity index is 244. The highest BCUT2D eigenvalue weighted by Gasteiger charge is 2.18. The van der Waals surface area contributed by atoms with E-state index in [0.717, 1.165) is 0 Å². The van der Waals surface area contributed by atoms with Crippen molar-refractivity contribution < 1.29 is 14.7 Å². The number of nitrogens with zero attached hydrogens (tertiary/aromatic N) is 1. The molecule has 0 saturated carbocycles. The fraction of sp³-hybridized carbons (Fsp3) is 0.700. The highest BCUT2D eigenvalue weighted by Crippen LogP contribution is 2.04. The minimum atomic E-state index is -0.973. The molecule has 15 heavy (non-hydrogen) atoms. The van der Waals surface area contributed by atoms with Gasteiger partial charge in [-0.05, 0) is 12.3 Å². The van der Waals surface area contributed by atoms with E-state index in [9.17, 15) is 9.59 Å². The van der Waals surface area contributed by atoms with Gasteiger partial charge in [-0.2, -0.15) is 5.26 Å². The molecule has 5 heteroatoms. The lowest BCUT2D eigenvalue weighted by atomic mass is 10.0. The lowest BCUT2D eigenvalue weighted by molar-refractivity contribution is -0.142. The van der Waals surface area contributed by atoms with Crippen molar-refractivity contribution >= 4 is 11.9 Å². The number of hydrogen-bond acceptors (Lipinski definition) is 3. The predicted molar refractivity (Wildman–Crippen MR) is 56.0 cm³/mol. The molecule has 0 bridgehead atoms. The maximum atomic E-state index is 10.6. The zero-order valence-corrected chi connectivity index (χ0v) is 9.57. The van der Waals surface area contributed by atoms with Gasteiger partial charge in [-0.15, -0.1) is 0 Å². The van der Waals surface area contributed by atoms with Gasteiger partial charge in [0.15, 0.2) is 0 Å². The first-order valence-electron chi connectivity index (χ1n) is 4.65. The second-order valence-electron chi connectivity index (χ2n) is 3.44. The molecule has 0 rings (SSSR count). The third-order valence-corrected chi connectivity index (χ3v) is 1.38. The number of carboxylic acid groups (broad SMARTS) is 1. The molecule has 0 radical (unpaired) electrons. The topological polar surface area (TPSA) is 90.2 Å². The quantitative estimate of drug-likeness (QED) is 0.734. The molecule has 0 aliphatic rings. The molecule has 0 aromatic heterocycles. The fourth-order valence-corrected chi connectivity index (χ4v) is 0.938. The van der Waals surface area contributed by atoms with E-state index in [-0.39, 0.29) is 11.8 Å². The molecule has 0 spiro atoms. The number of hydrogen-bond donors (Lipinski definition) is 2. The van der Waals surface area contributed by atoms with E-state index in [1.807, 2.05) is 13.8 Å². The van der Waals surface area contributed by atoms with Crippen LogP contribution in [0.5, 0.6) is 0 Å². The van der Waals surface area contributed by atoms with Crippen molar-refractivity contribution in [3.05, 3.63) is 0 Å². The molecule has 0 aliphatic heterocycles. The minimum Gasteiger partial charge on any atom is -0.480 e. The van der Waals surface area contributed by atoms with E-state index in [1.54, 1.807) is 6.07 Å². The Morgan fingerprint density at radius 1 is 1.47 bits per heavy atom. The van der Waals surface area contributed by atoms with Gasteiger partial charge in [0.05, 0.1) is 6.07 Å². The Labute approximate surface area is 90.1 Å². The number of carbonyl (C=O) groups excluding carboxylic acids is 1. The molecular weight excluding hydrogens is 196 g/mol. The van der Waals surface area contributed by atoms with Crippen LogP contribution >= 0.6 is 0 Å². The number of nitrogens with one attached hydrogen (secondary N) is 1. The summed E-state index contributed by atoms with van der Waals surface area (Å²) in [6.07, 6.45) is 0.467. The van der Waals surface area contributed by atoms with Gasteiger partial charge in [-0.1, -0.05) is 13.8 Å². The molecule has 2 N–H and O–H groups in total. The zero-order valence-electron chi connectivity index (χ0n) is 9.57. The maximum absolute atomic E-state index is 10.6. The Balaban J connectivity index is 0. The van der Waals surface area contributed by atoms with Crippen molar-refractivity contribution in [3.63, 3.8) is 0 Å². The predicted octanol–water partition coefficient (Wildman–Crippen LogP) is 1.15. The lowest BCUT2D eigenvalue weighted by Gasteiger charge is -2.14. The van der Waals surface area contributed by atoms with Gasteiger partial charge in [0, 0.05) is 13.8 Å². The van der Waals surface area contributed by atoms with Gasteiger partial charge >= 0.3 is 5.97 Å². The normalized spacial score (nSPS) is 10.7. The Morgan fingerprint density at radius 3 is 2.07 bits per heavy atom. The average molecular weight is 214 g/mol. The second kappa shape index (κ2) is 9.00. The fourth-order valence-electron chi connectivity index (χ4n) is 0.938. The lowest BCUT2D eigenvalue weighted by Crippen LogP contribution is -2.40. The summed E-state index contributed by atoms with van der Waals surface area (Å²) in [5.41, 5.74) is 0. The van der Waals surface area contributed by atoms with Crippen molar-refractivity contribution in [2.24, 2.45) is 5.92 Å². The van der Waals surface area contributed by atoms with Crippen LogP contribution in [-0.4, -0.2) is 23.0 Å². The van der Waals surface area contributed by atoms with Crippen LogP contribution in [0.4, 0.5) is 0 Å². The molecule has 5 nitrogen and oxygen atoms in total. The summed E-state index contributed by atoms with van der Waals surface area (Å²) < 4.78 is 0. The molecule has 0 unspecified atom stereocenters. The van der Waals surface area contributed by atoms with Crippen LogP contribution in [-0.2, 0) is 9.59 Å². The summed E-state index contributed by atoms with van der Waals surface area (Å²) in [7, 11) is 0. The molecule has 1 amide bonds. The van der Waals surface area contributed by atoms with Crippen LogP contribution in [0.15, 0.2) is 0 Å². The van der Waals surface area contributed by atoms with E-state index in [0.29, 0.717) is 6.42 Å². The number of amides is 1. The Hall–Kier alpha value is -1.57. The molecular formula is C10H18N2O3. The van der Waals surface area contributed by atoms with Crippen molar-refractivity contribution in [2.45, 2.75) is 40.2 Å². The number of carboxylic acids is 1. The van der Waals surface area contributed by atoms with Crippen molar-refractivity contribution in [2.75, 3.05) is 0 Å². The smallest absolute Gasteiger partial charge is 0.326 e. The molecule has 0 heterocycles. The number of nitriles is 1. The monoisotopic (exact) mass is 214 g/mol. The van der Waals surface area contributed by atoms with Crippen LogP contribution in [0.2, 0.25) is 0 Å². The van der Waals surface area contributed by atoms with Gasteiger partial charge in [-0.25, -0.2) is 4.79 Å². The summed E-state index contributed by atoms with van der Waals surface area (Å²) in [6.45, 7) is 6.58. The molecule has 0 aromatic rings. The van der Waals surface area contributed by atoms with Crippen molar-refractivity contribution in [3.8, 4) is 6.07 Å². The van der Waals surface area contributed by atoms with Gasteiger partial charge in [-0.3, -0.25) is 4.79 Å². The molecule has 0 aromatic carbocycles. The molecule has 0 saturated heterocycles. The first kappa shape index (κ1) is 15.9. The summed E-state index contributed by atoms with van der Waals surface area (Å²) in [6, 6.07) is 1.00. The van der Waals surface area contributed by atoms with E-state index in [2.05, 4.69) is 5.32 Å². The summed E-state index contributed by atoms with van der Waals surface area (Å²) in [5, 5.41) is 18.3. The first-order chi connectivity index (χ1) is 6.84. The summed E-state index contributed by atoms with van der Waals surface area (Å²) in [5.74, 6) is -1.01. The molecule has 1 atom stereocenters. The van der Waals surface area contributed by atoms with E-state index in [4.69, 9.17) is 10.4 Å². The molecule has 86 valence electrons. The third-order valence-electron chi connectivity index (χ3n) is 1.38. The molecule has 0 fully saturated rings. The molecule has 0 aliphatic carbocycles. The third kappa shape index (κ3) is 12.4. The summed E-state index contributed by atoms with van der Waals surface area (Å²) >= 11 is 0. The van der Waals surface area contributed by atoms with Crippen LogP contribution in [0.3, 0.4) is 0 Å².